The summed E-state index contributed by atoms with van der Waals surface area (Å²) >= 11 is 1.18. The number of fused-ring (bicyclic) bond motifs is 1. The van der Waals surface area contributed by atoms with E-state index in [1.54, 1.807) is 12.3 Å². The number of nitro benzene ring substituents is 1. The summed E-state index contributed by atoms with van der Waals surface area (Å²) < 4.78 is 6.31. The van der Waals surface area contributed by atoms with Gasteiger partial charge in [0.05, 0.1) is 28.8 Å². The molecule has 0 bridgehead atoms. The van der Waals surface area contributed by atoms with Crippen LogP contribution in [0.2, 0.25) is 0 Å². The van der Waals surface area contributed by atoms with Crippen LogP contribution in [0.5, 0.6) is 0 Å². The lowest BCUT2D eigenvalue weighted by Gasteiger charge is -2.10. The molecule has 4 rings (SSSR count). The molecule has 0 spiro atoms. The van der Waals surface area contributed by atoms with Gasteiger partial charge in [0.25, 0.3) is 11.2 Å². The Labute approximate surface area is 203 Å². The van der Waals surface area contributed by atoms with Crippen molar-refractivity contribution < 1.29 is 19.2 Å². The summed E-state index contributed by atoms with van der Waals surface area (Å²) in [6.45, 7) is 3.46. The third kappa shape index (κ3) is 4.94. The van der Waals surface area contributed by atoms with Crippen LogP contribution in [-0.2, 0) is 16.1 Å². The van der Waals surface area contributed by atoms with Gasteiger partial charge in [0, 0.05) is 23.1 Å². The van der Waals surface area contributed by atoms with E-state index in [1.807, 2.05) is 31.2 Å². The Morgan fingerprint density at radius 2 is 1.94 bits per heavy atom. The average molecular weight is 493 g/mol. The molecule has 0 fully saturated rings. The Kier molecular flexibility index (Phi) is 6.69. The minimum Gasteiger partial charge on any atom is -0.462 e. The van der Waals surface area contributed by atoms with Crippen molar-refractivity contribution in [1.82, 2.24) is 9.55 Å². The minimum absolute atomic E-state index is 0.149. The Bertz CT molecular complexity index is 1510. The van der Waals surface area contributed by atoms with E-state index in [1.165, 1.54) is 29.5 Å². The number of carbonyl (C=O) groups is 2. The van der Waals surface area contributed by atoms with Gasteiger partial charge >= 0.3 is 5.97 Å². The number of non-ortho nitro benzene ring substituents is 1. The number of nitro groups is 1. The highest BCUT2D eigenvalue weighted by Gasteiger charge is 2.23. The summed E-state index contributed by atoms with van der Waals surface area (Å²) in [5, 5.41) is 15.9. The van der Waals surface area contributed by atoms with Gasteiger partial charge < -0.3 is 10.1 Å². The zero-order chi connectivity index (χ0) is 25.1. The van der Waals surface area contributed by atoms with Crippen LogP contribution in [-0.4, -0.2) is 33.0 Å². The fourth-order valence-corrected chi connectivity index (χ4v) is 4.47. The Balaban J connectivity index is 1.62. The molecule has 0 atom stereocenters. The molecule has 0 unspecified atom stereocenters. The van der Waals surface area contributed by atoms with Gasteiger partial charge in [0.1, 0.15) is 17.1 Å². The standard InChI is InChI=1S/C24H20N4O6S/c1-3-34-24(31)21-18(15-6-4-14(2)5-7-15)12-35-22(21)26-20(29)11-27-13-25-19-10-16(28(32)33)8-9-17(19)23(27)30/h4-10,12-13H,3,11H2,1-2H3,(H,26,29). The quantitative estimate of drug-likeness (QED) is 0.233. The molecule has 1 amide bonds. The molecular weight excluding hydrogens is 472 g/mol. The highest BCUT2D eigenvalue weighted by atomic mass is 32.1. The molecule has 2 aromatic carbocycles. The SMILES string of the molecule is CCOC(=O)c1c(-c2ccc(C)cc2)csc1NC(=O)Cn1cnc2cc([N+](=O)[O-])ccc2c1=O. The number of hydrogen-bond acceptors (Lipinski definition) is 8. The summed E-state index contributed by atoms with van der Waals surface area (Å²) in [6, 6.07) is 11.3. The second-order valence-electron chi connectivity index (χ2n) is 7.62. The van der Waals surface area contributed by atoms with Crippen molar-refractivity contribution in [2.24, 2.45) is 0 Å². The van der Waals surface area contributed by atoms with E-state index in [9.17, 15) is 24.5 Å². The van der Waals surface area contributed by atoms with E-state index in [-0.39, 0.29) is 35.3 Å². The average Bonchev–Trinajstić information content (AvgIpc) is 3.24. The third-order valence-electron chi connectivity index (χ3n) is 5.22. The second kappa shape index (κ2) is 9.85. The van der Waals surface area contributed by atoms with E-state index in [0.29, 0.717) is 10.6 Å². The van der Waals surface area contributed by atoms with Gasteiger partial charge in [-0.25, -0.2) is 9.78 Å². The van der Waals surface area contributed by atoms with Gasteiger partial charge in [0.15, 0.2) is 0 Å². The maximum Gasteiger partial charge on any atom is 0.341 e. The molecule has 4 aromatic rings. The molecule has 2 aromatic heterocycles. The van der Waals surface area contributed by atoms with Crippen LogP contribution in [0.25, 0.3) is 22.0 Å². The molecule has 0 aliphatic rings. The van der Waals surface area contributed by atoms with Gasteiger partial charge in [-0.1, -0.05) is 29.8 Å². The highest BCUT2D eigenvalue weighted by Crippen LogP contribution is 2.36. The molecule has 0 saturated carbocycles. The summed E-state index contributed by atoms with van der Waals surface area (Å²) in [6.07, 6.45) is 1.16. The number of carbonyl (C=O) groups excluding carboxylic acids is 2. The highest BCUT2D eigenvalue weighted by molar-refractivity contribution is 7.15. The molecule has 0 saturated heterocycles. The number of aromatic nitrogens is 2. The van der Waals surface area contributed by atoms with Crippen molar-refractivity contribution in [3.05, 3.63) is 85.8 Å². The Morgan fingerprint density at radius 3 is 2.63 bits per heavy atom. The van der Waals surface area contributed by atoms with Crippen molar-refractivity contribution in [2.75, 3.05) is 11.9 Å². The smallest absolute Gasteiger partial charge is 0.341 e. The van der Waals surface area contributed by atoms with E-state index in [2.05, 4.69) is 10.3 Å². The van der Waals surface area contributed by atoms with Crippen LogP contribution < -0.4 is 10.9 Å². The number of hydrogen-bond donors (Lipinski definition) is 1. The normalized spacial score (nSPS) is 10.8. The maximum atomic E-state index is 12.8. The number of benzene rings is 2. The number of nitrogens with one attached hydrogen (secondary N) is 1. The van der Waals surface area contributed by atoms with E-state index in [4.69, 9.17) is 4.74 Å². The molecule has 0 aliphatic heterocycles. The lowest BCUT2D eigenvalue weighted by molar-refractivity contribution is -0.384. The second-order valence-corrected chi connectivity index (χ2v) is 8.50. The molecular formula is C24H20N4O6S. The van der Waals surface area contributed by atoms with Crippen LogP contribution in [0.1, 0.15) is 22.8 Å². The fourth-order valence-electron chi connectivity index (χ4n) is 3.50. The molecule has 11 heteroatoms. The first-order valence-corrected chi connectivity index (χ1v) is 11.5. The number of rotatable bonds is 7. The van der Waals surface area contributed by atoms with Crippen molar-refractivity contribution >= 4 is 44.8 Å². The minimum atomic E-state index is -0.576. The summed E-state index contributed by atoms with van der Waals surface area (Å²) in [7, 11) is 0. The predicted molar refractivity (Wildman–Crippen MR) is 132 cm³/mol. The van der Waals surface area contributed by atoms with Gasteiger partial charge in [0.2, 0.25) is 5.91 Å². The lowest BCUT2D eigenvalue weighted by atomic mass is 10.0. The number of thiophene rings is 1. The number of ether oxygens (including phenoxy) is 1. The first-order chi connectivity index (χ1) is 16.8. The first kappa shape index (κ1) is 23.8. The van der Waals surface area contributed by atoms with E-state index in [0.717, 1.165) is 22.0 Å². The van der Waals surface area contributed by atoms with Gasteiger partial charge in [-0.05, 0) is 25.5 Å². The largest absolute Gasteiger partial charge is 0.462 e. The first-order valence-electron chi connectivity index (χ1n) is 10.6. The molecule has 0 aliphatic carbocycles. The Morgan fingerprint density at radius 1 is 1.20 bits per heavy atom. The van der Waals surface area contributed by atoms with E-state index >= 15 is 0 Å². The maximum absolute atomic E-state index is 12.8. The van der Waals surface area contributed by atoms with Crippen molar-refractivity contribution in [3.8, 4) is 11.1 Å². The van der Waals surface area contributed by atoms with Crippen LogP contribution >= 0.6 is 11.3 Å². The molecule has 10 nitrogen and oxygen atoms in total. The van der Waals surface area contributed by atoms with Crippen LogP contribution in [0.3, 0.4) is 0 Å². The van der Waals surface area contributed by atoms with Gasteiger partial charge in [-0.15, -0.1) is 11.3 Å². The number of amides is 1. The summed E-state index contributed by atoms with van der Waals surface area (Å²) in [5.41, 5.74) is 2.20. The molecule has 1 N–H and O–H groups in total. The van der Waals surface area contributed by atoms with Gasteiger partial charge in [-0.3, -0.25) is 24.3 Å². The van der Waals surface area contributed by atoms with E-state index < -0.39 is 22.4 Å². The Hall–Kier alpha value is -4.38. The molecule has 35 heavy (non-hydrogen) atoms. The van der Waals surface area contributed by atoms with Gasteiger partial charge in [-0.2, -0.15) is 0 Å². The molecule has 2 heterocycles. The molecule has 0 radical (unpaired) electrons. The van der Waals surface area contributed by atoms with Crippen LogP contribution in [0.15, 0.2) is 59.0 Å². The predicted octanol–water partition coefficient (Wildman–Crippen LogP) is 4.16. The number of nitrogens with zero attached hydrogens (tertiary/aromatic N) is 3. The van der Waals surface area contributed by atoms with Crippen molar-refractivity contribution in [2.45, 2.75) is 20.4 Å². The summed E-state index contributed by atoms with van der Waals surface area (Å²) in [5.74, 6) is -1.11. The third-order valence-corrected chi connectivity index (χ3v) is 6.12. The van der Waals surface area contributed by atoms with Crippen LogP contribution in [0.4, 0.5) is 10.7 Å². The zero-order valence-corrected chi connectivity index (χ0v) is 19.6. The topological polar surface area (TPSA) is 133 Å². The molecule has 178 valence electrons. The monoisotopic (exact) mass is 492 g/mol. The zero-order valence-electron chi connectivity index (χ0n) is 18.8. The number of anilines is 1. The number of aryl methyl sites for hydroxylation is 1. The fraction of sp³-hybridized carbons (Fsp3) is 0.167. The van der Waals surface area contributed by atoms with Crippen molar-refractivity contribution in [3.63, 3.8) is 0 Å². The lowest BCUT2D eigenvalue weighted by Crippen LogP contribution is -2.28. The summed E-state index contributed by atoms with van der Waals surface area (Å²) in [4.78, 5) is 52.7. The van der Waals surface area contributed by atoms with Crippen molar-refractivity contribution in [1.29, 1.82) is 0 Å². The van der Waals surface area contributed by atoms with Crippen LogP contribution in [0, 0.1) is 17.0 Å². The number of esters is 1.